The van der Waals surface area contributed by atoms with Crippen LogP contribution in [0.5, 0.6) is 0 Å². The van der Waals surface area contributed by atoms with Crippen LogP contribution in [-0.2, 0) is 6.54 Å². The number of pyridine rings is 1. The number of aliphatic hydroxyl groups is 2. The first-order valence-corrected chi connectivity index (χ1v) is 9.88. The molecule has 3 aromatic heterocycles. The normalized spacial score (nSPS) is 11.2. The highest BCUT2D eigenvalue weighted by molar-refractivity contribution is 7.17. The number of benzene rings is 1. The molecule has 0 saturated carbocycles. The van der Waals surface area contributed by atoms with Crippen LogP contribution in [0.1, 0.15) is 17.4 Å². The minimum Gasteiger partial charge on any atom is -0.396 e. The molecule has 0 atom stereocenters. The number of aliphatic hydroxyl groups excluding tert-OH is 2. The number of rotatable bonds is 7. The molecule has 3 N–H and O–H groups in total. The zero-order valence-electron chi connectivity index (χ0n) is 15.1. The van der Waals surface area contributed by atoms with E-state index in [0.29, 0.717) is 18.2 Å². The Balaban J connectivity index is 1.81. The summed E-state index contributed by atoms with van der Waals surface area (Å²) in [4.78, 5) is 14.4. The second-order valence-electron chi connectivity index (χ2n) is 6.36. The molecular formula is C21H20N4O2S. The molecule has 0 fully saturated rings. The van der Waals surface area contributed by atoms with E-state index in [-0.39, 0.29) is 13.2 Å². The van der Waals surface area contributed by atoms with Gasteiger partial charge in [0.15, 0.2) is 0 Å². The fourth-order valence-electron chi connectivity index (χ4n) is 3.00. The van der Waals surface area contributed by atoms with Crippen LogP contribution in [0.4, 0.5) is 5.82 Å². The molecule has 0 aliphatic carbocycles. The summed E-state index contributed by atoms with van der Waals surface area (Å²) in [6, 6.07) is 15.9. The lowest BCUT2D eigenvalue weighted by Crippen LogP contribution is -2.14. The fourth-order valence-corrected chi connectivity index (χ4v) is 3.95. The van der Waals surface area contributed by atoms with Crippen LogP contribution >= 0.6 is 11.3 Å². The number of nitrogens with zero attached hydrogens (tertiary/aromatic N) is 3. The van der Waals surface area contributed by atoms with Crippen molar-refractivity contribution >= 4 is 27.4 Å². The molecule has 0 unspecified atom stereocenters. The fraction of sp³-hybridized carbons (Fsp3) is 0.190. The highest BCUT2D eigenvalue weighted by atomic mass is 32.1. The standard InChI is InChI=1S/C21H20N4O2S/c26-11-15(12-27)19-24-20(23-10-16-8-4-5-9-22-16)18-17(13-28-21(18)25-19)14-6-2-1-3-7-14/h1-9,13,15,26-27H,10-12H2,(H,23,24,25). The van der Waals surface area contributed by atoms with Crippen molar-refractivity contribution in [3.63, 3.8) is 0 Å². The van der Waals surface area contributed by atoms with Crippen LogP contribution in [0, 0.1) is 0 Å². The maximum atomic E-state index is 9.57. The topological polar surface area (TPSA) is 91.2 Å². The molecule has 6 nitrogen and oxygen atoms in total. The number of thiophene rings is 1. The minimum atomic E-state index is -0.512. The molecular weight excluding hydrogens is 372 g/mol. The molecule has 4 rings (SSSR count). The third-order valence-corrected chi connectivity index (χ3v) is 5.38. The van der Waals surface area contributed by atoms with Crippen molar-refractivity contribution in [2.45, 2.75) is 12.5 Å². The summed E-state index contributed by atoms with van der Waals surface area (Å²) in [6.45, 7) is 0.0938. The maximum absolute atomic E-state index is 9.57. The Kier molecular flexibility index (Phi) is 5.57. The average molecular weight is 392 g/mol. The van der Waals surface area contributed by atoms with Crippen molar-refractivity contribution < 1.29 is 10.2 Å². The summed E-state index contributed by atoms with van der Waals surface area (Å²) in [5.41, 5.74) is 3.04. The lowest BCUT2D eigenvalue weighted by atomic mass is 10.1. The van der Waals surface area contributed by atoms with Gasteiger partial charge in [-0.3, -0.25) is 4.98 Å². The number of hydrogen-bond acceptors (Lipinski definition) is 7. The first-order valence-electron chi connectivity index (χ1n) is 9.00. The van der Waals surface area contributed by atoms with Gasteiger partial charge in [0.2, 0.25) is 0 Å². The molecule has 1 aromatic carbocycles. The third-order valence-electron chi connectivity index (χ3n) is 4.50. The lowest BCUT2D eigenvalue weighted by molar-refractivity contribution is 0.188. The van der Waals surface area contributed by atoms with Crippen LogP contribution in [0.3, 0.4) is 0 Å². The van der Waals surface area contributed by atoms with E-state index in [9.17, 15) is 10.2 Å². The van der Waals surface area contributed by atoms with E-state index in [0.717, 1.165) is 27.0 Å². The Morgan fingerprint density at radius 2 is 1.75 bits per heavy atom. The van der Waals surface area contributed by atoms with E-state index in [1.807, 2.05) is 36.4 Å². The SMILES string of the molecule is OCC(CO)c1nc(NCc2ccccn2)c2c(-c3ccccc3)csc2n1. The van der Waals surface area contributed by atoms with Gasteiger partial charge in [0.1, 0.15) is 16.5 Å². The van der Waals surface area contributed by atoms with Crippen LogP contribution in [0.2, 0.25) is 0 Å². The van der Waals surface area contributed by atoms with Gasteiger partial charge in [0.25, 0.3) is 0 Å². The van der Waals surface area contributed by atoms with Crippen LogP contribution in [0.25, 0.3) is 21.3 Å². The van der Waals surface area contributed by atoms with Crippen molar-refractivity contribution in [1.29, 1.82) is 0 Å². The van der Waals surface area contributed by atoms with E-state index < -0.39 is 5.92 Å². The molecule has 0 spiro atoms. The number of anilines is 1. The van der Waals surface area contributed by atoms with Crippen LogP contribution in [-0.4, -0.2) is 38.4 Å². The predicted molar refractivity (Wildman–Crippen MR) is 111 cm³/mol. The number of aromatic nitrogens is 3. The molecule has 0 bridgehead atoms. The van der Waals surface area contributed by atoms with Gasteiger partial charge in [-0.15, -0.1) is 11.3 Å². The van der Waals surface area contributed by atoms with Gasteiger partial charge in [-0.1, -0.05) is 36.4 Å². The summed E-state index contributed by atoms with van der Waals surface area (Å²) < 4.78 is 0. The van der Waals surface area contributed by atoms with Crippen molar-refractivity contribution in [2.75, 3.05) is 18.5 Å². The maximum Gasteiger partial charge on any atom is 0.140 e. The molecule has 28 heavy (non-hydrogen) atoms. The van der Waals surface area contributed by atoms with Gasteiger partial charge in [-0.05, 0) is 17.7 Å². The Morgan fingerprint density at radius 1 is 0.964 bits per heavy atom. The molecule has 0 radical (unpaired) electrons. The zero-order chi connectivity index (χ0) is 19.3. The van der Waals surface area contributed by atoms with E-state index in [2.05, 4.69) is 37.8 Å². The zero-order valence-corrected chi connectivity index (χ0v) is 15.9. The monoisotopic (exact) mass is 392 g/mol. The Bertz CT molecular complexity index is 1050. The van der Waals surface area contributed by atoms with Gasteiger partial charge < -0.3 is 15.5 Å². The van der Waals surface area contributed by atoms with E-state index >= 15 is 0 Å². The van der Waals surface area contributed by atoms with Crippen molar-refractivity contribution in [3.05, 3.63) is 71.6 Å². The summed E-state index contributed by atoms with van der Waals surface area (Å²) >= 11 is 1.53. The first-order chi connectivity index (χ1) is 13.8. The summed E-state index contributed by atoms with van der Waals surface area (Å²) in [5, 5.41) is 25.5. The van der Waals surface area contributed by atoms with Gasteiger partial charge >= 0.3 is 0 Å². The quantitative estimate of drug-likeness (QED) is 0.446. The Morgan fingerprint density at radius 3 is 2.46 bits per heavy atom. The smallest absolute Gasteiger partial charge is 0.140 e. The van der Waals surface area contributed by atoms with Crippen molar-refractivity contribution in [2.24, 2.45) is 0 Å². The minimum absolute atomic E-state index is 0.210. The van der Waals surface area contributed by atoms with Crippen molar-refractivity contribution in [3.8, 4) is 11.1 Å². The first kappa shape index (κ1) is 18.5. The Hall–Kier alpha value is -2.87. The lowest BCUT2D eigenvalue weighted by Gasteiger charge is -2.14. The molecule has 0 amide bonds. The van der Waals surface area contributed by atoms with Gasteiger partial charge in [0, 0.05) is 17.1 Å². The molecule has 3 heterocycles. The number of hydrogen-bond donors (Lipinski definition) is 3. The predicted octanol–water partition coefficient (Wildman–Crippen LogP) is 3.43. The largest absolute Gasteiger partial charge is 0.396 e. The molecule has 7 heteroatoms. The highest BCUT2D eigenvalue weighted by Crippen LogP contribution is 2.37. The van der Waals surface area contributed by atoms with Gasteiger partial charge in [-0.2, -0.15) is 0 Å². The van der Waals surface area contributed by atoms with Crippen LogP contribution in [0.15, 0.2) is 60.1 Å². The number of fused-ring (bicyclic) bond motifs is 1. The van der Waals surface area contributed by atoms with E-state index in [1.165, 1.54) is 11.3 Å². The van der Waals surface area contributed by atoms with E-state index in [1.54, 1.807) is 6.20 Å². The molecule has 0 saturated heterocycles. The molecule has 4 aromatic rings. The van der Waals surface area contributed by atoms with E-state index in [4.69, 9.17) is 0 Å². The van der Waals surface area contributed by atoms with Crippen molar-refractivity contribution in [1.82, 2.24) is 15.0 Å². The summed E-state index contributed by atoms with van der Waals surface area (Å²) in [5.74, 6) is 0.599. The molecule has 0 aliphatic rings. The second-order valence-corrected chi connectivity index (χ2v) is 7.22. The molecule has 0 aliphatic heterocycles. The second kappa shape index (κ2) is 8.43. The highest BCUT2D eigenvalue weighted by Gasteiger charge is 2.19. The van der Waals surface area contributed by atoms with Gasteiger partial charge in [0.05, 0.1) is 36.8 Å². The summed E-state index contributed by atoms with van der Waals surface area (Å²) in [7, 11) is 0. The average Bonchev–Trinajstić information content (AvgIpc) is 3.19. The third kappa shape index (κ3) is 3.73. The summed E-state index contributed by atoms with van der Waals surface area (Å²) in [6.07, 6.45) is 1.76. The van der Waals surface area contributed by atoms with Gasteiger partial charge in [-0.25, -0.2) is 9.97 Å². The number of nitrogens with one attached hydrogen (secondary N) is 1. The van der Waals surface area contributed by atoms with Crippen LogP contribution < -0.4 is 5.32 Å². The molecule has 142 valence electrons. The Labute approximate surface area is 166 Å².